The van der Waals surface area contributed by atoms with Gasteiger partial charge in [0.05, 0.1) is 0 Å². The van der Waals surface area contributed by atoms with E-state index in [0.29, 0.717) is 0 Å². The van der Waals surface area contributed by atoms with Crippen molar-refractivity contribution in [3.05, 3.63) is 0 Å². The molecule has 3 heteroatoms. The van der Waals surface area contributed by atoms with E-state index in [-0.39, 0.29) is 1.43 Å². The first-order valence-corrected chi connectivity index (χ1v) is 1.55. The Morgan fingerprint density at radius 2 is 2.17 bits per heavy atom. The van der Waals surface area contributed by atoms with Crippen LogP contribution in [0.2, 0.25) is 0 Å². The Hall–Kier alpha value is -0.570. The highest BCUT2D eigenvalue weighted by Crippen LogP contribution is 1.73. The average Bonchev–Trinajstić information content (AvgIpc) is 1.36. The molecule has 0 saturated heterocycles. The zero-order valence-corrected chi connectivity index (χ0v) is 3.38. The highest BCUT2D eigenvalue weighted by Gasteiger charge is 2.01. The first-order chi connectivity index (χ1) is 2.64. The molecule has 0 radical (unpaired) electrons. The molecule has 0 rings (SSSR count). The van der Waals surface area contributed by atoms with Gasteiger partial charge in [0.25, 0.3) is 0 Å². The van der Waals surface area contributed by atoms with Gasteiger partial charge in [-0.05, 0) is 6.92 Å². The zero-order chi connectivity index (χ0) is 5.15. The first-order valence-electron chi connectivity index (χ1n) is 1.55. The Labute approximate surface area is 36.7 Å². The van der Waals surface area contributed by atoms with Gasteiger partial charge in [-0.1, -0.05) is 0 Å². The van der Waals surface area contributed by atoms with E-state index in [0.717, 1.165) is 0 Å². The molecule has 6 heavy (non-hydrogen) atoms. The van der Waals surface area contributed by atoms with E-state index >= 15 is 0 Å². The number of carboxylic acid groups (broad SMARTS) is 1. The van der Waals surface area contributed by atoms with Gasteiger partial charge < -0.3 is 10.2 Å². The predicted octanol–water partition coefficient (Wildman–Crippen LogP) is -0.436. The maximum Gasteiger partial charge on any atom is 1.00 e. The maximum atomic E-state index is 9.45. The summed E-state index contributed by atoms with van der Waals surface area (Å²) < 4.78 is 0. The molecular formula is C3H7O3+. The fourth-order valence-electron chi connectivity index (χ4n) is 0. The Kier molecular flexibility index (Phi) is 1.60. The third-order valence-electron chi connectivity index (χ3n) is 0.357. The molecule has 0 aromatic carbocycles. The Morgan fingerprint density at radius 1 is 2.00 bits per heavy atom. The summed E-state index contributed by atoms with van der Waals surface area (Å²) in [6.07, 6.45) is -1.23. The second-order valence-corrected chi connectivity index (χ2v) is 1.01. The van der Waals surface area contributed by atoms with Gasteiger partial charge >= 0.3 is 7.40 Å². The fraction of sp³-hybridized carbons (Fsp3) is 0.667. The number of carboxylic acids is 1. The van der Waals surface area contributed by atoms with Crippen molar-refractivity contribution in [3.8, 4) is 0 Å². The summed E-state index contributed by atoms with van der Waals surface area (Å²) in [6.45, 7) is 1.20. The van der Waals surface area contributed by atoms with Gasteiger partial charge in [0, 0.05) is 0 Å². The Morgan fingerprint density at radius 3 is 2.17 bits per heavy atom. The van der Waals surface area contributed by atoms with Gasteiger partial charge in [-0.2, -0.15) is 0 Å². The fourth-order valence-corrected chi connectivity index (χ4v) is 0. The van der Waals surface area contributed by atoms with Crippen molar-refractivity contribution in [2.75, 3.05) is 0 Å². The minimum Gasteiger partial charge on any atom is -0.479 e. The number of aliphatic hydroxyl groups is 1. The number of hydrogen-bond acceptors (Lipinski definition) is 2. The molecule has 1 atom stereocenters. The molecule has 1 unspecified atom stereocenters. The summed E-state index contributed by atoms with van der Waals surface area (Å²) in [4.78, 5) is 9.45. The predicted molar refractivity (Wildman–Crippen MR) is 20.4 cm³/mol. The molecule has 0 aliphatic rings. The van der Waals surface area contributed by atoms with Crippen molar-refractivity contribution >= 4 is 5.97 Å². The van der Waals surface area contributed by atoms with Crippen molar-refractivity contribution in [2.45, 2.75) is 13.0 Å². The number of aliphatic carboxylic acids is 1. The van der Waals surface area contributed by atoms with E-state index in [1.165, 1.54) is 6.92 Å². The summed E-state index contributed by atoms with van der Waals surface area (Å²) in [5, 5.41) is 15.8. The quantitative estimate of drug-likeness (QED) is 0.460. The summed E-state index contributed by atoms with van der Waals surface area (Å²) >= 11 is 0. The average molecular weight is 91.1 g/mol. The summed E-state index contributed by atoms with van der Waals surface area (Å²) in [5.41, 5.74) is 0. The maximum absolute atomic E-state index is 9.45. The SMILES string of the molecule is CC(O)C(=O)O.[H+]. The number of aliphatic hydroxyl groups excluding tert-OH is 1. The van der Waals surface area contributed by atoms with E-state index in [4.69, 9.17) is 10.2 Å². The molecule has 0 amide bonds. The number of carbonyl (C=O) groups is 1. The van der Waals surface area contributed by atoms with Gasteiger partial charge in [0.15, 0.2) is 0 Å². The van der Waals surface area contributed by atoms with Crippen LogP contribution in [0.15, 0.2) is 0 Å². The van der Waals surface area contributed by atoms with Crippen LogP contribution in [0, 0.1) is 0 Å². The third-order valence-corrected chi connectivity index (χ3v) is 0.357. The molecule has 0 aliphatic carbocycles. The largest absolute Gasteiger partial charge is 1.00 e. The Bertz CT molecular complexity index is 61.2. The molecule has 36 valence electrons. The van der Waals surface area contributed by atoms with Crippen LogP contribution in [0.5, 0.6) is 0 Å². The first kappa shape index (κ1) is 5.43. The van der Waals surface area contributed by atoms with Crippen molar-refractivity contribution in [3.63, 3.8) is 0 Å². The molecule has 0 aromatic rings. The topological polar surface area (TPSA) is 57.5 Å². The Balaban J connectivity index is 0. The van der Waals surface area contributed by atoms with Crippen LogP contribution < -0.4 is 0 Å². The third kappa shape index (κ3) is 1.72. The molecule has 0 aromatic heterocycles. The van der Waals surface area contributed by atoms with E-state index in [9.17, 15) is 4.79 Å². The molecule has 0 fully saturated rings. The molecule has 0 spiro atoms. The molecule has 0 saturated carbocycles. The van der Waals surface area contributed by atoms with Crippen LogP contribution in [0.3, 0.4) is 0 Å². The van der Waals surface area contributed by atoms with Crippen LogP contribution in [0.25, 0.3) is 0 Å². The van der Waals surface area contributed by atoms with Crippen LogP contribution in [-0.4, -0.2) is 22.3 Å². The molecule has 0 aliphatic heterocycles. The van der Waals surface area contributed by atoms with Gasteiger partial charge in [-0.25, -0.2) is 4.79 Å². The van der Waals surface area contributed by atoms with E-state index < -0.39 is 12.1 Å². The second kappa shape index (κ2) is 1.77. The van der Waals surface area contributed by atoms with E-state index in [1.54, 1.807) is 0 Å². The van der Waals surface area contributed by atoms with E-state index in [1.807, 2.05) is 0 Å². The molecule has 0 bridgehead atoms. The highest BCUT2D eigenvalue weighted by molar-refractivity contribution is 5.71. The minimum atomic E-state index is -1.23. The summed E-state index contributed by atoms with van der Waals surface area (Å²) in [5.74, 6) is -1.19. The lowest BCUT2D eigenvalue weighted by molar-refractivity contribution is -0.145. The van der Waals surface area contributed by atoms with Crippen LogP contribution >= 0.6 is 0 Å². The highest BCUT2D eigenvalue weighted by atomic mass is 16.4. The molecular weight excluding hydrogens is 84.0 g/mol. The molecule has 3 nitrogen and oxygen atoms in total. The molecule has 2 N–H and O–H groups in total. The smallest absolute Gasteiger partial charge is 0.479 e. The monoisotopic (exact) mass is 91.0 g/mol. The summed E-state index contributed by atoms with van der Waals surface area (Å²) in [6, 6.07) is 0. The van der Waals surface area contributed by atoms with Crippen molar-refractivity contribution in [2.24, 2.45) is 0 Å². The lowest BCUT2D eigenvalue weighted by atomic mass is 10.4. The van der Waals surface area contributed by atoms with Crippen molar-refractivity contribution < 1.29 is 16.4 Å². The minimum absolute atomic E-state index is 0. The van der Waals surface area contributed by atoms with Gasteiger partial charge in [-0.15, -0.1) is 0 Å². The normalized spacial score (nSPS) is 13.7. The number of rotatable bonds is 1. The van der Waals surface area contributed by atoms with Crippen molar-refractivity contribution in [1.29, 1.82) is 0 Å². The van der Waals surface area contributed by atoms with Crippen molar-refractivity contribution in [1.82, 2.24) is 0 Å². The van der Waals surface area contributed by atoms with Gasteiger partial charge in [0.2, 0.25) is 0 Å². The lowest BCUT2D eigenvalue weighted by Gasteiger charge is -1.89. The van der Waals surface area contributed by atoms with Gasteiger partial charge in [-0.3, -0.25) is 0 Å². The standard InChI is InChI=1S/C3H6O3/c1-2(4)3(5)6/h2,4H,1H3,(H,5,6)/p+1. The lowest BCUT2D eigenvalue weighted by Crippen LogP contribution is -2.13. The summed E-state index contributed by atoms with van der Waals surface area (Å²) in [7, 11) is 0. The zero-order valence-electron chi connectivity index (χ0n) is 4.38. The van der Waals surface area contributed by atoms with Crippen LogP contribution in [-0.2, 0) is 4.79 Å². The van der Waals surface area contributed by atoms with E-state index in [2.05, 4.69) is 0 Å². The molecule has 0 heterocycles. The van der Waals surface area contributed by atoms with Crippen LogP contribution in [0.4, 0.5) is 0 Å². The number of hydrogen-bond donors (Lipinski definition) is 2. The second-order valence-electron chi connectivity index (χ2n) is 1.01. The van der Waals surface area contributed by atoms with Gasteiger partial charge in [0.1, 0.15) is 6.10 Å². The van der Waals surface area contributed by atoms with Crippen LogP contribution in [0.1, 0.15) is 8.35 Å².